The van der Waals surface area contributed by atoms with Crippen molar-refractivity contribution >= 4 is 28.8 Å². The Morgan fingerprint density at radius 1 is 1.05 bits per heavy atom. The molecule has 6 N–H and O–H groups in total. The number of anilines is 1. The Bertz CT molecular complexity index is 1560. The van der Waals surface area contributed by atoms with Gasteiger partial charge in [-0.15, -0.1) is 0 Å². The number of likely N-dealkylation sites (N-methyl/N-ethyl adjacent to an activating group) is 1. The normalized spacial score (nSPS) is 23.2. The first kappa shape index (κ1) is 29.6. The summed E-state index contributed by atoms with van der Waals surface area (Å²) in [6.07, 6.45) is -3.20. The van der Waals surface area contributed by atoms with Gasteiger partial charge in [0.05, 0.1) is 6.33 Å². The van der Waals surface area contributed by atoms with Crippen LogP contribution in [-0.4, -0.2) is 92.1 Å². The Kier molecular flexibility index (Phi) is 8.79. The third-order valence-electron chi connectivity index (χ3n) is 8.02. The third kappa shape index (κ3) is 5.99. The van der Waals surface area contributed by atoms with E-state index in [1.807, 2.05) is 36.4 Å². The van der Waals surface area contributed by atoms with Gasteiger partial charge in [0.15, 0.2) is 29.3 Å². The van der Waals surface area contributed by atoms with Crippen molar-refractivity contribution < 1.29 is 24.5 Å². The topological polar surface area (TPSA) is 176 Å². The summed E-state index contributed by atoms with van der Waals surface area (Å²) in [6, 6.07) is 20.1. The number of carbonyl (C=O) groups excluding carboxylic acids is 2. The third-order valence-corrected chi connectivity index (χ3v) is 8.02. The first-order valence-corrected chi connectivity index (χ1v) is 14.8. The molecular weight excluding hydrogens is 564 g/mol. The molecule has 4 heterocycles. The first-order valence-electron chi connectivity index (χ1n) is 14.8. The van der Waals surface area contributed by atoms with Gasteiger partial charge < -0.3 is 36.2 Å². The van der Waals surface area contributed by atoms with E-state index in [2.05, 4.69) is 60.5 Å². The van der Waals surface area contributed by atoms with E-state index in [1.54, 1.807) is 6.92 Å². The van der Waals surface area contributed by atoms with Crippen LogP contribution in [-0.2, 0) is 9.53 Å². The smallest absolute Gasteiger partial charge is 0.289 e. The fourth-order valence-electron chi connectivity index (χ4n) is 5.73. The molecule has 2 aromatic heterocycles. The highest BCUT2D eigenvalue weighted by Gasteiger charge is 2.47. The van der Waals surface area contributed by atoms with E-state index in [0.29, 0.717) is 31.0 Å². The molecule has 2 aliphatic rings. The average molecular weight is 601 g/mol. The highest BCUT2D eigenvalue weighted by atomic mass is 16.6. The van der Waals surface area contributed by atoms with Gasteiger partial charge in [-0.3, -0.25) is 14.2 Å². The molecule has 4 aromatic rings. The standard InChI is InChI=1S/C31H36N8O5/c1-2-33-29(42)25-23(40)24(41)31(44-25)39-17-35-22-26(37-27(38-28(22)39)30(43)36-20-13-14-32-15-20)34-16-21(18-9-5-3-6-10-18)19-11-7-4-8-12-19/h3-12,17,20-21,23-25,31-32,40-41H,2,13-16H2,1H3,(H,33,42)(H,36,43)(H,34,37,38)/t20-,23+,24-,25+,31-/m1/s1. The predicted molar refractivity (Wildman–Crippen MR) is 162 cm³/mol. The van der Waals surface area contributed by atoms with E-state index < -0.39 is 36.4 Å². The average Bonchev–Trinajstić information content (AvgIpc) is 3.78. The first-order chi connectivity index (χ1) is 21.4. The lowest BCUT2D eigenvalue weighted by atomic mass is 9.91. The summed E-state index contributed by atoms with van der Waals surface area (Å²) in [5, 5.41) is 33.7. The molecule has 13 heteroatoms. The largest absolute Gasteiger partial charge is 0.387 e. The molecule has 2 fully saturated rings. The maximum Gasteiger partial charge on any atom is 0.289 e. The lowest BCUT2D eigenvalue weighted by Crippen LogP contribution is -2.42. The summed E-state index contributed by atoms with van der Waals surface area (Å²) >= 11 is 0. The van der Waals surface area contributed by atoms with Gasteiger partial charge in [-0.1, -0.05) is 60.7 Å². The Morgan fingerprint density at radius 3 is 2.39 bits per heavy atom. The number of aromatic nitrogens is 4. The molecule has 0 aliphatic carbocycles. The van der Waals surface area contributed by atoms with Crippen LogP contribution in [0.1, 0.15) is 47.2 Å². The zero-order valence-electron chi connectivity index (χ0n) is 24.3. The van der Waals surface area contributed by atoms with Gasteiger partial charge in [-0.05, 0) is 31.0 Å². The molecule has 44 heavy (non-hydrogen) atoms. The van der Waals surface area contributed by atoms with Crippen LogP contribution in [0, 0.1) is 0 Å². The van der Waals surface area contributed by atoms with Crippen LogP contribution in [0.15, 0.2) is 67.0 Å². The van der Waals surface area contributed by atoms with Crippen molar-refractivity contribution in [3.63, 3.8) is 0 Å². The lowest BCUT2D eigenvalue weighted by molar-refractivity contribution is -0.137. The molecule has 0 radical (unpaired) electrons. The number of amides is 2. The van der Waals surface area contributed by atoms with Gasteiger partial charge in [0.2, 0.25) is 5.82 Å². The van der Waals surface area contributed by atoms with Gasteiger partial charge >= 0.3 is 0 Å². The summed E-state index contributed by atoms with van der Waals surface area (Å²) in [7, 11) is 0. The fraction of sp³-hybridized carbons (Fsp3) is 0.387. The van der Waals surface area contributed by atoms with Gasteiger partial charge in [0.25, 0.3) is 11.8 Å². The van der Waals surface area contributed by atoms with Crippen molar-refractivity contribution in [3.05, 3.63) is 83.9 Å². The monoisotopic (exact) mass is 600 g/mol. The Balaban J connectivity index is 1.36. The number of imidazole rings is 1. The fourth-order valence-corrected chi connectivity index (χ4v) is 5.73. The number of rotatable bonds is 10. The maximum atomic E-state index is 13.4. The van der Waals surface area contributed by atoms with Crippen LogP contribution in [0.25, 0.3) is 11.2 Å². The number of fused-ring (bicyclic) bond motifs is 1. The SMILES string of the molecule is CCNC(=O)[C@H]1O[C@@H](n2cnc3c(NCC(c4ccccc4)c4ccccc4)nc(C(=O)N[C@@H]4CCNC4)nc32)[C@H](O)[C@@H]1O. The molecule has 0 spiro atoms. The minimum Gasteiger partial charge on any atom is -0.387 e. The minimum atomic E-state index is -1.47. The highest BCUT2D eigenvalue weighted by Crippen LogP contribution is 2.33. The summed E-state index contributed by atoms with van der Waals surface area (Å²) in [5.41, 5.74) is 2.75. The van der Waals surface area contributed by atoms with Crippen molar-refractivity contribution in [2.75, 3.05) is 31.5 Å². The number of nitrogens with zero attached hydrogens (tertiary/aromatic N) is 4. The van der Waals surface area contributed by atoms with Crippen molar-refractivity contribution in [1.29, 1.82) is 0 Å². The van der Waals surface area contributed by atoms with Crippen LogP contribution >= 0.6 is 0 Å². The van der Waals surface area contributed by atoms with Gasteiger partial charge in [-0.25, -0.2) is 15.0 Å². The molecule has 2 aromatic carbocycles. The second kappa shape index (κ2) is 13.1. The van der Waals surface area contributed by atoms with E-state index in [0.717, 1.165) is 24.1 Å². The number of ether oxygens (including phenoxy) is 1. The Morgan fingerprint density at radius 2 is 1.75 bits per heavy atom. The van der Waals surface area contributed by atoms with Crippen LogP contribution in [0.3, 0.4) is 0 Å². The van der Waals surface area contributed by atoms with E-state index in [9.17, 15) is 19.8 Å². The van der Waals surface area contributed by atoms with E-state index in [4.69, 9.17) is 4.74 Å². The molecule has 0 unspecified atom stereocenters. The van der Waals surface area contributed by atoms with Gasteiger partial charge in [0, 0.05) is 31.6 Å². The quantitative estimate of drug-likeness (QED) is 0.154. The number of benzene rings is 2. The molecule has 6 rings (SSSR count). The van der Waals surface area contributed by atoms with E-state index >= 15 is 0 Å². The molecule has 0 saturated carbocycles. The molecule has 230 valence electrons. The van der Waals surface area contributed by atoms with Crippen molar-refractivity contribution in [2.45, 2.75) is 49.8 Å². The molecule has 0 bridgehead atoms. The lowest BCUT2D eigenvalue weighted by Gasteiger charge is -2.20. The van der Waals surface area contributed by atoms with Crippen LogP contribution < -0.4 is 21.3 Å². The molecule has 2 amide bonds. The number of aliphatic hydroxyl groups excluding tert-OH is 2. The van der Waals surface area contributed by atoms with Gasteiger partial charge in [-0.2, -0.15) is 0 Å². The van der Waals surface area contributed by atoms with Crippen LogP contribution in [0.4, 0.5) is 5.82 Å². The Labute approximate surface area is 254 Å². The summed E-state index contributed by atoms with van der Waals surface area (Å²) < 4.78 is 7.26. The number of aliphatic hydroxyl groups is 2. The summed E-state index contributed by atoms with van der Waals surface area (Å²) in [4.78, 5) is 39.5. The summed E-state index contributed by atoms with van der Waals surface area (Å²) in [5.74, 6) is -0.792. The maximum absolute atomic E-state index is 13.4. The zero-order valence-corrected chi connectivity index (χ0v) is 24.3. The molecule has 2 saturated heterocycles. The number of hydrogen-bond donors (Lipinski definition) is 6. The highest BCUT2D eigenvalue weighted by molar-refractivity contribution is 5.94. The number of nitrogens with one attached hydrogen (secondary N) is 4. The number of hydrogen-bond acceptors (Lipinski definition) is 10. The number of carbonyl (C=O) groups is 2. The second-order valence-electron chi connectivity index (χ2n) is 11.0. The molecule has 5 atom stereocenters. The molecule has 13 nitrogen and oxygen atoms in total. The Hall–Kier alpha value is -4.43. The van der Waals surface area contributed by atoms with Crippen LogP contribution in [0.5, 0.6) is 0 Å². The van der Waals surface area contributed by atoms with E-state index in [1.165, 1.54) is 10.9 Å². The van der Waals surface area contributed by atoms with Gasteiger partial charge in [0.1, 0.15) is 12.2 Å². The molecule has 2 aliphatic heterocycles. The minimum absolute atomic E-state index is 0.0423. The van der Waals surface area contributed by atoms with Crippen molar-refractivity contribution in [3.8, 4) is 0 Å². The zero-order chi connectivity index (χ0) is 30.6. The second-order valence-corrected chi connectivity index (χ2v) is 11.0. The molecular formula is C31H36N8O5. The van der Waals surface area contributed by atoms with Crippen molar-refractivity contribution in [2.24, 2.45) is 0 Å². The summed E-state index contributed by atoms with van der Waals surface area (Å²) in [6.45, 7) is 3.96. The predicted octanol–water partition coefficient (Wildman–Crippen LogP) is 0.917. The van der Waals surface area contributed by atoms with Crippen molar-refractivity contribution in [1.82, 2.24) is 35.5 Å². The van der Waals surface area contributed by atoms with E-state index in [-0.39, 0.29) is 23.4 Å². The van der Waals surface area contributed by atoms with Crippen LogP contribution in [0.2, 0.25) is 0 Å².